The molecule has 1 aromatic heterocycles. The summed E-state index contributed by atoms with van der Waals surface area (Å²) >= 11 is 0. The zero-order valence-electron chi connectivity index (χ0n) is 14.8. The molecule has 0 unspecified atom stereocenters. The molecular formula is C18H34N2. The molecule has 0 amide bonds. The van der Waals surface area contributed by atoms with Gasteiger partial charge in [-0.3, -0.25) is 0 Å². The minimum atomic E-state index is 0.849. The summed E-state index contributed by atoms with van der Waals surface area (Å²) in [7, 11) is 0. The molecule has 0 aliphatic heterocycles. The van der Waals surface area contributed by atoms with Crippen LogP contribution in [0.3, 0.4) is 0 Å². The van der Waals surface area contributed by atoms with E-state index in [0.29, 0.717) is 0 Å². The van der Waals surface area contributed by atoms with Crippen LogP contribution < -0.4 is 0 Å². The van der Waals surface area contributed by atoms with Crippen molar-refractivity contribution >= 4 is 0 Å². The lowest BCUT2D eigenvalue weighted by molar-refractivity contribution is 0.769. The third kappa shape index (κ3) is 11.5. The van der Waals surface area contributed by atoms with Gasteiger partial charge in [0.25, 0.3) is 0 Å². The Morgan fingerprint density at radius 1 is 1.20 bits per heavy atom. The van der Waals surface area contributed by atoms with Gasteiger partial charge in [0.1, 0.15) is 0 Å². The van der Waals surface area contributed by atoms with Crippen LogP contribution in [0.2, 0.25) is 0 Å². The molecule has 0 N–H and O–H groups in total. The summed E-state index contributed by atoms with van der Waals surface area (Å²) in [6, 6.07) is 0. The number of aryl methyl sites for hydroxylation is 1. The van der Waals surface area contributed by atoms with Gasteiger partial charge in [0, 0.05) is 18.4 Å². The average Bonchev–Trinajstić information content (AvgIpc) is 2.91. The summed E-state index contributed by atoms with van der Waals surface area (Å²) in [5, 5.41) is 0. The maximum Gasteiger partial charge on any atom is 0.0951 e. The van der Waals surface area contributed by atoms with Crippen LogP contribution >= 0.6 is 0 Å². The monoisotopic (exact) mass is 278 g/mol. The quantitative estimate of drug-likeness (QED) is 0.621. The van der Waals surface area contributed by atoms with Gasteiger partial charge < -0.3 is 4.57 Å². The molecule has 0 aliphatic rings. The van der Waals surface area contributed by atoms with E-state index in [4.69, 9.17) is 0 Å². The van der Waals surface area contributed by atoms with Crippen LogP contribution in [0.15, 0.2) is 49.0 Å². The lowest BCUT2D eigenvalue weighted by Gasteiger charge is -2.05. The van der Waals surface area contributed by atoms with Crippen LogP contribution in [0, 0.1) is 6.92 Å². The molecule has 0 aliphatic carbocycles. The van der Waals surface area contributed by atoms with E-state index in [1.54, 1.807) is 0 Å². The third-order valence-electron chi connectivity index (χ3n) is 1.99. The summed E-state index contributed by atoms with van der Waals surface area (Å²) < 4.78 is 2.11. The number of nitrogens with zero attached hydrogens (tertiary/aromatic N) is 2. The van der Waals surface area contributed by atoms with E-state index in [-0.39, 0.29) is 0 Å². The lowest BCUT2D eigenvalue weighted by Crippen LogP contribution is -1.99. The van der Waals surface area contributed by atoms with Crippen LogP contribution in [0.5, 0.6) is 0 Å². The van der Waals surface area contributed by atoms with Crippen molar-refractivity contribution in [1.29, 1.82) is 0 Å². The first-order valence-electron chi connectivity index (χ1n) is 7.69. The first-order valence-corrected chi connectivity index (χ1v) is 7.69. The first-order chi connectivity index (χ1) is 9.77. The normalized spacial score (nSPS) is 9.50. The first kappa shape index (κ1) is 23.5. The van der Waals surface area contributed by atoms with Gasteiger partial charge in [0.15, 0.2) is 0 Å². The molecule has 1 rings (SSSR count). The molecule has 0 fully saturated rings. The number of rotatable bonds is 4. The van der Waals surface area contributed by atoms with E-state index < -0.39 is 0 Å². The Morgan fingerprint density at radius 2 is 1.75 bits per heavy atom. The number of hydrogen-bond acceptors (Lipinski definition) is 1. The molecule has 0 radical (unpaired) electrons. The van der Waals surface area contributed by atoms with Crippen LogP contribution in [-0.2, 0) is 6.54 Å². The molecule has 0 saturated heterocycles. The van der Waals surface area contributed by atoms with Crippen molar-refractivity contribution in [2.24, 2.45) is 0 Å². The second-order valence-corrected chi connectivity index (χ2v) is 3.14. The van der Waals surface area contributed by atoms with E-state index in [9.17, 15) is 0 Å². The van der Waals surface area contributed by atoms with E-state index in [1.807, 2.05) is 86.1 Å². The van der Waals surface area contributed by atoms with Gasteiger partial charge in [0.2, 0.25) is 0 Å². The summed E-state index contributed by atoms with van der Waals surface area (Å²) in [6.45, 7) is 20.6. The molecule has 116 valence electrons. The van der Waals surface area contributed by atoms with Crippen molar-refractivity contribution in [3.63, 3.8) is 0 Å². The van der Waals surface area contributed by atoms with Crippen molar-refractivity contribution in [3.8, 4) is 0 Å². The molecule has 0 aromatic carbocycles. The van der Waals surface area contributed by atoms with Gasteiger partial charge in [-0.25, -0.2) is 4.98 Å². The fraction of sp³-hybridized carbons (Fsp3) is 0.500. The second-order valence-electron chi connectivity index (χ2n) is 3.14. The molecule has 0 atom stereocenters. The summed E-state index contributed by atoms with van der Waals surface area (Å²) in [5.74, 6) is 0. The van der Waals surface area contributed by atoms with E-state index in [2.05, 4.69) is 22.2 Å². The molecule has 2 nitrogen and oxygen atoms in total. The highest BCUT2D eigenvalue weighted by Gasteiger charge is 1.97. The zero-order chi connectivity index (χ0) is 16.4. The highest BCUT2D eigenvalue weighted by Crippen LogP contribution is 2.05. The molecule has 0 spiro atoms. The van der Waals surface area contributed by atoms with Gasteiger partial charge in [0.05, 0.1) is 6.33 Å². The number of allylic oxidation sites excluding steroid dienone is 5. The van der Waals surface area contributed by atoms with Crippen molar-refractivity contribution in [2.45, 2.75) is 61.9 Å². The Labute approximate surface area is 126 Å². The minimum Gasteiger partial charge on any atom is -0.330 e. The molecule has 0 saturated carbocycles. The van der Waals surface area contributed by atoms with Crippen molar-refractivity contribution in [2.75, 3.05) is 0 Å². The van der Waals surface area contributed by atoms with E-state index in [1.165, 1.54) is 11.3 Å². The highest BCUT2D eigenvalue weighted by molar-refractivity contribution is 5.23. The maximum atomic E-state index is 4.08. The Bertz CT molecular complexity index is 357. The summed E-state index contributed by atoms with van der Waals surface area (Å²) in [5.41, 5.74) is 2.40. The molecule has 0 bridgehead atoms. The Kier molecular flexibility index (Phi) is 23.2. The Morgan fingerprint density at radius 3 is 2.10 bits per heavy atom. The SMILES string of the molecule is C=C/C=C(\C=C/C)Cn1cncc1C.CC.CC.CC. The van der Waals surface area contributed by atoms with Crippen LogP contribution in [0.4, 0.5) is 0 Å². The topological polar surface area (TPSA) is 17.8 Å². The minimum absolute atomic E-state index is 0.849. The number of aromatic nitrogens is 2. The largest absolute Gasteiger partial charge is 0.330 e. The van der Waals surface area contributed by atoms with Crippen molar-refractivity contribution < 1.29 is 0 Å². The lowest BCUT2D eigenvalue weighted by atomic mass is 10.2. The Hall–Kier alpha value is -1.57. The standard InChI is InChI=1S/C12H16N2.3C2H6/c1-4-6-12(7-5-2)9-14-10-13-8-11(14)3;3*1-2/h4-8,10H,1,9H2,2-3H3;3*1-2H3/b7-5-,12-6+;;;. The van der Waals surface area contributed by atoms with Crippen LogP contribution in [0.1, 0.15) is 54.2 Å². The Balaban J connectivity index is -0.000000425. The van der Waals surface area contributed by atoms with Crippen molar-refractivity contribution in [3.05, 3.63) is 54.7 Å². The predicted molar refractivity (Wildman–Crippen MR) is 94.1 cm³/mol. The van der Waals surface area contributed by atoms with E-state index in [0.717, 1.165) is 6.54 Å². The summed E-state index contributed by atoms with van der Waals surface area (Å²) in [4.78, 5) is 4.08. The van der Waals surface area contributed by atoms with Gasteiger partial charge in [-0.05, 0) is 19.4 Å². The van der Waals surface area contributed by atoms with Gasteiger partial charge >= 0.3 is 0 Å². The second kappa shape index (κ2) is 19.8. The van der Waals surface area contributed by atoms with Crippen LogP contribution in [0.25, 0.3) is 0 Å². The molecule has 20 heavy (non-hydrogen) atoms. The zero-order valence-corrected chi connectivity index (χ0v) is 14.8. The number of hydrogen-bond donors (Lipinski definition) is 0. The van der Waals surface area contributed by atoms with Gasteiger partial charge in [-0.15, -0.1) is 0 Å². The molecular weight excluding hydrogens is 244 g/mol. The van der Waals surface area contributed by atoms with Crippen LogP contribution in [-0.4, -0.2) is 9.55 Å². The van der Waals surface area contributed by atoms with Gasteiger partial charge in [-0.1, -0.05) is 72.4 Å². The van der Waals surface area contributed by atoms with E-state index >= 15 is 0 Å². The summed E-state index contributed by atoms with van der Waals surface area (Å²) in [6.07, 6.45) is 11.6. The fourth-order valence-corrected chi connectivity index (χ4v) is 1.28. The van der Waals surface area contributed by atoms with Crippen molar-refractivity contribution in [1.82, 2.24) is 9.55 Å². The fourth-order valence-electron chi connectivity index (χ4n) is 1.28. The maximum absolute atomic E-state index is 4.08. The average molecular weight is 278 g/mol. The molecule has 2 heteroatoms. The molecule has 1 heterocycles. The highest BCUT2D eigenvalue weighted by atomic mass is 15.0. The predicted octanol–water partition coefficient (Wildman–Crippen LogP) is 5.96. The smallest absolute Gasteiger partial charge is 0.0951 e. The third-order valence-corrected chi connectivity index (χ3v) is 1.99. The number of imidazole rings is 1. The molecule has 1 aromatic rings. The van der Waals surface area contributed by atoms with Gasteiger partial charge in [-0.2, -0.15) is 0 Å².